The highest BCUT2D eigenvalue weighted by Gasteiger charge is 2.26. The number of aliphatic carboxylic acids is 1. The van der Waals surface area contributed by atoms with Gasteiger partial charge in [-0.25, -0.2) is 4.79 Å². The van der Waals surface area contributed by atoms with Crippen molar-refractivity contribution in [1.82, 2.24) is 16.0 Å². The Morgan fingerprint density at radius 2 is 1.32 bits per heavy atom. The molecular formula is C19H38N10O5. The summed E-state index contributed by atoms with van der Waals surface area (Å²) in [5.74, 6) is -3.49. The summed E-state index contributed by atoms with van der Waals surface area (Å²) in [5, 5.41) is 16.6. The van der Waals surface area contributed by atoms with Crippen LogP contribution in [-0.4, -0.2) is 78.5 Å². The number of carbonyl (C=O) groups excluding carboxylic acids is 3. The number of carbonyl (C=O) groups is 4. The molecule has 0 heterocycles. The van der Waals surface area contributed by atoms with Crippen LogP contribution in [0.25, 0.3) is 0 Å². The van der Waals surface area contributed by atoms with Gasteiger partial charge in [0.1, 0.15) is 12.1 Å². The maximum atomic E-state index is 12.6. The van der Waals surface area contributed by atoms with Gasteiger partial charge in [-0.1, -0.05) is 13.8 Å². The summed E-state index contributed by atoms with van der Waals surface area (Å²) in [4.78, 5) is 56.0. The van der Waals surface area contributed by atoms with Crippen LogP contribution in [0.15, 0.2) is 9.98 Å². The van der Waals surface area contributed by atoms with E-state index in [0.29, 0.717) is 12.8 Å². The van der Waals surface area contributed by atoms with E-state index < -0.39 is 48.4 Å². The van der Waals surface area contributed by atoms with Gasteiger partial charge in [-0.3, -0.25) is 24.4 Å². The van der Waals surface area contributed by atoms with Gasteiger partial charge in [0.15, 0.2) is 11.9 Å². The Hall–Kier alpha value is -3.62. The van der Waals surface area contributed by atoms with Gasteiger partial charge in [0.05, 0.1) is 12.6 Å². The zero-order valence-corrected chi connectivity index (χ0v) is 19.6. The number of amides is 3. The number of hydrogen-bond donors (Lipinski definition) is 9. The van der Waals surface area contributed by atoms with Crippen LogP contribution >= 0.6 is 0 Å². The average Bonchev–Trinajstić information content (AvgIpc) is 2.74. The fraction of sp³-hybridized carbons (Fsp3) is 0.684. The number of nitrogens with zero attached hydrogens (tertiary/aromatic N) is 2. The van der Waals surface area contributed by atoms with Crippen LogP contribution < -0.4 is 44.6 Å². The van der Waals surface area contributed by atoms with Crippen LogP contribution in [0.4, 0.5) is 0 Å². The molecule has 0 aromatic rings. The van der Waals surface area contributed by atoms with Gasteiger partial charge in [-0.05, 0) is 31.6 Å². The monoisotopic (exact) mass is 486 g/mol. The lowest BCUT2D eigenvalue weighted by Gasteiger charge is -2.22. The minimum atomic E-state index is -1.24. The number of aliphatic imine (C=N–C) groups is 2. The number of guanidine groups is 2. The number of nitrogens with two attached hydrogens (primary N) is 5. The topological polar surface area (TPSA) is 279 Å². The highest BCUT2D eigenvalue weighted by molar-refractivity contribution is 5.92. The zero-order valence-electron chi connectivity index (χ0n) is 19.6. The Bertz CT molecular complexity index is 748. The molecule has 194 valence electrons. The Balaban J connectivity index is 4.93. The van der Waals surface area contributed by atoms with Crippen molar-refractivity contribution in [1.29, 1.82) is 0 Å². The third-order valence-electron chi connectivity index (χ3n) is 4.60. The van der Waals surface area contributed by atoms with E-state index >= 15 is 0 Å². The molecule has 15 heteroatoms. The molecule has 0 aliphatic carbocycles. The first-order valence-corrected chi connectivity index (χ1v) is 10.8. The van der Waals surface area contributed by atoms with Gasteiger partial charge in [0.2, 0.25) is 17.7 Å². The lowest BCUT2D eigenvalue weighted by molar-refractivity contribution is -0.142. The summed E-state index contributed by atoms with van der Waals surface area (Å²) in [7, 11) is 0. The molecule has 14 N–H and O–H groups in total. The molecule has 0 saturated heterocycles. The molecule has 3 amide bonds. The molecule has 0 fully saturated rings. The van der Waals surface area contributed by atoms with E-state index in [2.05, 4.69) is 25.9 Å². The van der Waals surface area contributed by atoms with Crippen LogP contribution in [0.2, 0.25) is 0 Å². The molecule has 3 unspecified atom stereocenters. The van der Waals surface area contributed by atoms with Gasteiger partial charge in [-0.2, -0.15) is 0 Å². The van der Waals surface area contributed by atoms with Crippen LogP contribution in [0, 0.1) is 5.92 Å². The van der Waals surface area contributed by atoms with E-state index in [4.69, 9.17) is 28.7 Å². The highest BCUT2D eigenvalue weighted by atomic mass is 16.4. The van der Waals surface area contributed by atoms with Crippen molar-refractivity contribution in [3.63, 3.8) is 0 Å². The Morgan fingerprint density at radius 3 is 1.76 bits per heavy atom. The van der Waals surface area contributed by atoms with Gasteiger partial charge in [-0.15, -0.1) is 0 Å². The molecular weight excluding hydrogens is 448 g/mol. The second-order valence-corrected chi connectivity index (χ2v) is 7.90. The van der Waals surface area contributed by atoms with Crippen molar-refractivity contribution >= 4 is 35.6 Å². The second-order valence-electron chi connectivity index (χ2n) is 7.90. The Morgan fingerprint density at radius 1 is 0.824 bits per heavy atom. The molecule has 34 heavy (non-hydrogen) atoms. The summed E-state index contributed by atoms with van der Waals surface area (Å²) in [5.41, 5.74) is 26.8. The van der Waals surface area contributed by atoms with Crippen molar-refractivity contribution in [3.05, 3.63) is 0 Å². The number of hydrogen-bond acceptors (Lipinski definition) is 7. The molecule has 0 saturated carbocycles. The minimum Gasteiger partial charge on any atom is -0.480 e. The fourth-order valence-corrected chi connectivity index (χ4v) is 2.64. The summed E-state index contributed by atoms with van der Waals surface area (Å²) >= 11 is 0. The molecule has 0 spiro atoms. The third-order valence-corrected chi connectivity index (χ3v) is 4.60. The maximum absolute atomic E-state index is 12.6. The number of rotatable bonds is 16. The SMILES string of the molecule is CC(C)C(N)C(=O)NC(CCCN=C(N)N)C(=O)NCC(=O)NC(CCCN=C(N)N)C(=O)O. The van der Waals surface area contributed by atoms with E-state index in [1.165, 1.54) is 0 Å². The lowest BCUT2D eigenvalue weighted by Crippen LogP contribution is -2.54. The maximum Gasteiger partial charge on any atom is 0.326 e. The van der Waals surface area contributed by atoms with Crippen LogP contribution in [0.5, 0.6) is 0 Å². The summed E-state index contributed by atoms with van der Waals surface area (Å²) < 4.78 is 0. The molecule has 0 aromatic carbocycles. The summed E-state index contributed by atoms with van der Waals surface area (Å²) in [6.45, 7) is 3.47. The Kier molecular flexibility index (Phi) is 14.4. The van der Waals surface area contributed by atoms with Gasteiger partial charge in [0.25, 0.3) is 0 Å². The largest absolute Gasteiger partial charge is 0.480 e. The van der Waals surface area contributed by atoms with Gasteiger partial charge < -0.3 is 49.7 Å². The molecule has 0 bridgehead atoms. The van der Waals surface area contributed by atoms with Crippen molar-refractivity contribution in [2.75, 3.05) is 19.6 Å². The lowest BCUT2D eigenvalue weighted by atomic mass is 10.0. The zero-order chi connectivity index (χ0) is 26.3. The highest BCUT2D eigenvalue weighted by Crippen LogP contribution is 2.03. The Labute approximate surface area is 198 Å². The van der Waals surface area contributed by atoms with E-state index in [1.54, 1.807) is 13.8 Å². The van der Waals surface area contributed by atoms with E-state index in [1.807, 2.05) is 0 Å². The van der Waals surface area contributed by atoms with Crippen molar-refractivity contribution < 1.29 is 24.3 Å². The van der Waals surface area contributed by atoms with Gasteiger partial charge >= 0.3 is 5.97 Å². The predicted molar refractivity (Wildman–Crippen MR) is 127 cm³/mol. The molecule has 0 aromatic heterocycles. The van der Waals surface area contributed by atoms with Crippen LogP contribution in [0.3, 0.4) is 0 Å². The molecule has 0 aliphatic heterocycles. The first-order chi connectivity index (χ1) is 15.8. The summed E-state index contributed by atoms with van der Waals surface area (Å²) in [6.07, 6.45) is 0.962. The molecule has 0 radical (unpaired) electrons. The van der Waals surface area contributed by atoms with E-state index in [0.717, 1.165) is 0 Å². The van der Waals surface area contributed by atoms with Crippen LogP contribution in [-0.2, 0) is 19.2 Å². The standard InChI is InChI=1S/C19H38N10O5/c1-10(2)14(20)16(32)29-11(5-3-7-25-18(21)22)15(31)27-9-13(30)28-12(17(33)34)6-4-8-26-19(23)24/h10-12,14H,3-9,20H2,1-2H3,(H,27,31)(H,28,30)(H,29,32)(H,33,34)(H4,21,22,25)(H4,23,24,26). The molecule has 0 aliphatic rings. The predicted octanol–water partition coefficient (Wildman–Crippen LogP) is -3.75. The third kappa shape index (κ3) is 13.7. The minimum absolute atomic E-state index is 0.0857. The first-order valence-electron chi connectivity index (χ1n) is 10.8. The second kappa shape index (κ2) is 16.1. The van der Waals surface area contributed by atoms with Crippen molar-refractivity contribution in [3.8, 4) is 0 Å². The van der Waals surface area contributed by atoms with E-state index in [9.17, 15) is 24.3 Å². The first kappa shape index (κ1) is 30.4. The molecule has 0 rings (SSSR count). The molecule has 15 nitrogen and oxygen atoms in total. The fourth-order valence-electron chi connectivity index (χ4n) is 2.64. The quantitative estimate of drug-likeness (QED) is 0.0583. The van der Waals surface area contributed by atoms with Crippen molar-refractivity contribution in [2.24, 2.45) is 44.6 Å². The number of carboxylic acid groups (broad SMARTS) is 1. The smallest absolute Gasteiger partial charge is 0.326 e. The molecule has 3 atom stereocenters. The normalized spacial score (nSPS) is 13.2. The summed E-state index contributed by atoms with van der Waals surface area (Å²) in [6, 6.07) is -3.00. The average molecular weight is 487 g/mol. The van der Waals surface area contributed by atoms with E-state index in [-0.39, 0.29) is 43.8 Å². The van der Waals surface area contributed by atoms with Crippen LogP contribution in [0.1, 0.15) is 39.5 Å². The number of carboxylic acids is 1. The van der Waals surface area contributed by atoms with Gasteiger partial charge in [0, 0.05) is 13.1 Å². The van der Waals surface area contributed by atoms with Crippen molar-refractivity contribution in [2.45, 2.75) is 57.7 Å². The number of nitrogens with one attached hydrogen (secondary N) is 3.